The molecule has 22 heavy (non-hydrogen) atoms. The smallest absolute Gasteiger partial charge is 0.372 e. The van der Waals surface area contributed by atoms with Crippen LogP contribution in [0.3, 0.4) is 0 Å². The Bertz CT molecular complexity index is 556. The van der Waals surface area contributed by atoms with Gasteiger partial charge in [0.15, 0.2) is 0 Å². The van der Waals surface area contributed by atoms with Gasteiger partial charge in [0.25, 0.3) is 5.88 Å². The van der Waals surface area contributed by atoms with Crippen molar-refractivity contribution in [1.82, 2.24) is 9.97 Å². The minimum Gasteiger partial charge on any atom is -0.473 e. The maximum absolute atomic E-state index is 11.4. The third kappa shape index (κ3) is 3.27. The molecule has 0 aromatic carbocycles. The number of nitro groups is 1. The van der Waals surface area contributed by atoms with Crippen LogP contribution in [-0.2, 0) is 4.74 Å². The summed E-state index contributed by atoms with van der Waals surface area (Å²) in [6.45, 7) is 3.36. The Hall–Kier alpha value is -1.96. The predicted octanol–water partition coefficient (Wildman–Crippen LogP) is 2.25. The van der Waals surface area contributed by atoms with E-state index in [9.17, 15) is 10.1 Å². The van der Waals surface area contributed by atoms with Crippen LogP contribution in [0.4, 0.5) is 11.5 Å². The summed E-state index contributed by atoms with van der Waals surface area (Å²) in [6, 6.07) is 0. The van der Waals surface area contributed by atoms with E-state index < -0.39 is 4.92 Å². The molecule has 0 amide bonds. The van der Waals surface area contributed by atoms with Crippen LogP contribution in [0.1, 0.15) is 44.3 Å². The van der Waals surface area contributed by atoms with Crippen LogP contribution < -0.4 is 10.1 Å². The van der Waals surface area contributed by atoms with Crippen molar-refractivity contribution in [2.75, 3.05) is 25.1 Å². The molecule has 1 aromatic heterocycles. The Balaban J connectivity index is 1.87. The van der Waals surface area contributed by atoms with Crippen molar-refractivity contribution in [2.24, 2.45) is 0 Å². The zero-order chi connectivity index (χ0) is 15.5. The lowest BCUT2D eigenvalue weighted by molar-refractivity contribution is -0.385. The summed E-state index contributed by atoms with van der Waals surface area (Å²) in [5.74, 6) is 1.22. The molecule has 0 bridgehead atoms. The number of hydrogen-bond donors (Lipinski definition) is 1. The standard InChI is InChI=1S/C14H20N4O4/c1-2-21-14-11(18(19)20)13(15-8-10-4-3-7-22-10)16-12(17-14)9-5-6-9/h9-10H,2-8H2,1H3,(H,15,16,17). The SMILES string of the molecule is CCOc1nc(C2CC2)nc(NCC2CCCO2)c1[N+](=O)[O-]. The molecule has 2 fully saturated rings. The zero-order valence-electron chi connectivity index (χ0n) is 12.6. The van der Waals surface area contributed by atoms with Crippen LogP contribution in [0.5, 0.6) is 5.88 Å². The highest BCUT2D eigenvalue weighted by Crippen LogP contribution is 2.42. The lowest BCUT2D eigenvalue weighted by atomic mass is 10.2. The predicted molar refractivity (Wildman–Crippen MR) is 79.3 cm³/mol. The Kier molecular flexibility index (Phi) is 4.37. The molecule has 1 saturated carbocycles. The average Bonchev–Trinajstić information content (AvgIpc) is 3.21. The second kappa shape index (κ2) is 6.43. The van der Waals surface area contributed by atoms with Crippen LogP contribution in [0.25, 0.3) is 0 Å². The van der Waals surface area contributed by atoms with Gasteiger partial charge < -0.3 is 14.8 Å². The highest BCUT2D eigenvalue weighted by molar-refractivity contribution is 5.62. The second-order valence-electron chi connectivity index (χ2n) is 5.56. The van der Waals surface area contributed by atoms with Crippen molar-refractivity contribution >= 4 is 11.5 Å². The van der Waals surface area contributed by atoms with E-state index in [0.29, 0.717) is 24.9 Å². The van der Waals surface area contributed by atoms with Crippen LogP contribution in [0.2, 0.25) is 0 Å². The van der Waals surface area contributed by atoms with Crippen molar-refractivity contribution in [2.45, 2.75) is 44.6 Å². The number of ether oxygens (including phenoxy) is 2. The Labute approximate surface area is 128 Å². The van der Waals surface area contributed by atoms with E-state index >= 15 is 0 Å². The number of nitrogens with one attached hydrogen (secondary N) is 1. The molecule has 1 aromatic rings. The molecule has 1 aliphatic carbocycles. The van der Waals surface area contributed by atoms with Crippen LogP contribution in [0.15, 0.2) is 0 Å². The summed E-state index contributed by atoms with van der Waals surface area (Å²) in [6.07, 6.45) is 4.10. The molecule has 1 unspecified atom stereocenters. The van der Waals surface area contributed by atoms with Crippen LogP contribution in [0, 0.1) is 10.1 Å². The topological polar surface area (TPSA) is 99.4 Å². The van der Waals surface area contributed by atoms with Gasteiger partial charge in [-0.2, -0.15) is 4.98 Å². The van der Waals surface area contributed by atoms with Gasteiger partial charge in [-0.15, -0.1) is 0 Å². The van der Waals surface area contributed by atoms with E-state index in [1.54, 1.807) is 6.92 Å². The number of anilines is 1. The first-order chi connectivity index (χ1) is 10.7. The number of nitrogens with zero attached hydrogens (tertiary/aromatic N) is 3. The van der Waals surface area contributed by atoms with Gasteiger partial charge in [0.1, 0.15) is 5.82 Å². The molecule has 1 aliphatic heterocycles. The lowest BCUT2D eigenvalue weighted by Crippen LogP contribution is -2.20. The summed E-state index contributed by atoms with van der Waals surface area (Å²) in [4.78, 5) is 19.5. The van der Waals surface area contributed by atoms with E-state index in [0.717, 1.165) is 32.3 Å². The minimum atomic E-state index is -0.487. The van der Waals surface area contributed by atoms with E-state index in [1.165, 1.54) is 0 Å². The van der Waals surface area contributed by atoms with Gasteiger partial charge in [0, 0.05) is 19.1 Å². The first kappa shape index (κ1) is 15.0. The van der Waals surface area contributed by atoms with Gasteiger partial charge in [-0.05, 0) is 32.6 Å². The fraction of sp³-hybridized carbons (Fsp3) is 0.714. The van der Waals surface area contributed by atoms with E-state index in [4.69, 9.17) is 9.47 Å². The normalized spacial score (nSPS) is 20.9. The molecule has 2 heterocycles. The van der Waals surface area contributed by atoms with Gasteiger partial charge in [0.2, 0.25) is 5.82 Å². The second-order valence-corrected chi connectivity index (χ2v) is 5.56. The van der Waals surface area contributed by atoms with Crippen molar-refractivity contribution < 1.29 is 14.4 Å². The van der Waals surface area contributed by atoms with E-state index in [-0.39, 0.29) is 23.5 Å². The molecule has 1 saturated heterocycles. The number of rotatable bonds is 7. The van der Waals surface area contributed by atoms with Crippen molar-refractivity contribution in [3.8, 4) is 5.88 Å². The monoisotopic (exact) mass is 308 g/mol. The minimum absolute atomic E-state index is 0.0549. The maximum Gasteiger partial charge on any atom is 0.372 e. The fourth-order valence-electron chi connectivity index (χ4n) is 2.52. The molecule has 1 N–H and O–H groups in total. The third-order valence-electron chi connectivity index (χ3n) is 3.80. The Morgan fingerprint density at radius 2 is 2.23 bits per heavy atom. The van der Waals surface area contributed by atoms with Crippen molar-refractivity contribution in [3.05, 3.63) is 15.9 Å². The summed E-state index contributed by atoms with van der Waals surface area (Å²) in [7, 11) is 0. The first-order valence-electron chi connectivity index (χ1n) is 7.73. The van der Waals surface area contributed by atoms with Gasteiger partial charge >= 0.3 is 5.69 Å². The molecule has 0 radical (unpaired) electrons. The molecule has 2 aliphatic rings. The highest BCUT2D eigenvalue weighted by atomic mass is 16.6. The molecular weight excluding hydrogens is 288 g/mol. The zero-order valence-corrected chi connectivity index (χ0v) is 12.6. The maximum atomic E-state index is 11.4. The largest absolute Gasteiger partial charge is 0.473 e. The summed E-state index contributed by atoms with van der Waals surface area (Å²) >= 11 is 0. The Morgan fingerprint density at radius 1 is 1.41 bits per heavy atom. The van der Waals surface area contributed by atoms with Gasteiger partial charge in [-0.1, -0.05) is 0 Å². The molecule has 0 spiro atoms. The van der Waals surface area contributed by atoms with Crippen molar-refractivity contribution in [3.63, 3.8) is 0 Å². The van der Waals surface area contributed by atoms with Crippen LogP contribution >= 0.6 is 0 Å². The lowest BCUT2D eigenvalue weighted by Gasteiger charge is -2.13. The summed E-state index contributed by atoms with van der Waals surface area (Å²) in [5.41, 5.74) is -0.191. The fourth-order valence-corrected chi connectivity index (χ4v) is 2.52. The first-order valence-corrected chi connectivity index (χ1v) is 7.73. The highest BCUT2D eigenvalue weighted by Gasteiger charge is 2.33. The molecule has 8 nitrogen and oxygen atoms in total. The molecule has 3 rings (SSSR count). The van der Waals surface area contributed by atoms with Gasteiger partial charge in [0.05, 0.1) is 17.6 Å². The van der Waals surface area contributed by atoms with Gasteiger partial charge in [-0.3, -0.25) is 10.1 Å². The molecule has 120 valence electrons. The summed E-state index contributed by atoms with van der Waals surface area (Å²) in [5, 5.41) is 14.4. The van der Waals surface area contributed by atoms with Gasteiger partial charge in [-0.25, -0.2) is 4.98 Å². The Morgan fingerprint density at radius 3 is 2.82 bits per heavy atom. The van der Waals surface area contributed by atoms with E-state index in [1.807, 2.05) is 0 Å². The quantitative estimate of drug-likeness (QED) is 0.609. The molecular formula is C14H20N4O4. The summed E-state index contributed by atoms with van der Waals surface area (Å²) < 4.78 is 10.9. The average molecular weight is 308 g/mol. The van der Waals surface area contributed by atoms with Crippen LogP contribution in [-0.4, -0.2) is 40.8 Å². The van der Waals surface area contributed by atoms with Crippen molar-refractivity contribution in [1.29, 1.82) is 0 Å². The third-order valence-corrected chi connectivity index (χ3v) is 3.80. The molecule has 8 heteroatoms. The van der Waals surface area contributed by atoms with E-state index in [2.05, 4.69) is 15.3 Å². The molecule has 1 atom stereocenters. The number of aromatic nitrogens is 2. The number of hydrogen-bond acceptors (Lipinski definition) is 7.